The van der Waals surface area contributed by atoms with Gasteiger partial charge in [0.05, 0.1) is 30.6 Å². The number of pyridine rings is 1. The van der Waals surface area contributed by atoms with Gasteiger partial charge in [0.1, 0.15) is 17.1 Å². The molecule has 182 valence electrons. The van der Waals surface area contributed by atoms with Crippen molar-refractivity contribution in [3.05, 3.63) is 82.4 Å². The van der Waals surface area contributed by atoms with E-state index in [2.05, 4.69) is 10.3 Å². The van der Waals surface area contributed by atoms with Crippen LogP contribution in [0.3, 0.4) is 0 Å². The van der Waals surface area contributed by atoms with Crippen LogP contribution < -0.4 is 20.3 Å². The van der Waals surface area contributed by atoms with Crippen LogP contribution >= 0.6 is 0 Å². The van der Waals surface area contributed by atoms with Crippen molar-refractivity contribution in [1.82, 2.24) is 19.7 Å². The minimum atomic E-state index is -0.367. The third-order valence-corrected chi connectivity index (χ3v) is 5.83. The van der Waals surface area contributed by atoms with Crippen LogP contribution in [0, 0.1) is 6.92 Å². The lowest BCUT2D eigenvalue weighted by molar-refractivity contribution is 0.0949. The molecule has 4 rings (SSSR count). The topological polar surface area (TPSA) is 87.4 Å². The fraction of sp³-hybridized carbons (Fsp3) is 0.296. The minimum Gasteiger partial charge on any atom is -0.497 e. The van der Waals surface area contributed by atoms with E-state index in [9.17, 15) is 9.59 Å². The van der Waals surface area contributed by atoms with E-state index in [4.69, 9.17) is 9.47 Å². The van der Waals surface area contributed by atoms with Crippen LogP contribution in [0.25, 0.3) is 16.6 Å². The predicted molar refractivity (Wildman–Crippen MR) is 136 cm³/mol. The highest BCUT2D eigenvalue weighted by molar-refractivity contribution is 5.95. The Kier molecular flexibility index (Phi) is 7.50. The summed E-state index contributed by atoms with van der Waals surface area (Å²) in [6.07, 6.45) is 3.13. The number of carbonyl (C=O) groups excluding carboxylic acids is 1. The smallest absolute Gasteiger partial charge is 0.284 e. The molecule has 0 unspecified atom stereocenters. The first-order chi connectivity index (χ1) is 17.0. The fourth-order valence-electron chi connectivity index (χ4n) is 4.12. The van der Waals surface area contributed by atoms with Crippen molar-refractivity contribution >= 4 is 16.8 Å². The number of carbonyl (C=O) groups is 1. The van der Waals surface area contributed by atoms with E-state index in [1.54, 1.807) is 18.0 Å². The molecule has 4 aromatic rings. The summed E-state index contributed by atoms with van der Waals surface area (Å²) in [5, 5.41) is 3.77. The fourth-order valence-corrected chi connectivity index (χ4v) is 4.12. The highest BCUT2D eigenvalue weighted by atomic mass is 16.5. The number of para-hydroxylation sites is 1. The minimum absolute atomic E-state index is 0.178. The largest absolute Gasteiger partial charge is 0.497 e. The summed E-state index contributed by atoms with van der Waals surface area (Å²) in [4.78, 5) is 30.5. The lowest BCUT2D eigenvalue weighted by Crippen LogP contribution is -2.31. The van der Waals surface area contributed by atoms with Gasteiger partial charge < -0.3 is 14.8 Å². The molecule has 0 aliphatic heterocycles. The zero-order valence-corrected chi connectivity index (χ0v) is 20.3. The standard InChI is InChI=1S/C27H30N4O4/c1-4-16-30-19(2)25(27(33)31(30)20-9-6-5-7-10-20)26(32)29-14-8-17-35-24-13-15-28-23-18-21(34-3)11-12-22(23)24/h5-7,9-13,15,18H,4,8,14,16-17H2,1-3H3,(H,29,32). The first kappa shape index (κ1) is 24.1. The number of ether oxygens (including phenoxy) is 2. The number of fused-ring (bicyclic) bond motifs is 1. The molecule has 0 radical (unpaired) electrons. The Morgan fingerprint density at radius 2 is 1.91 bits per heavy atom. The molecule has 8 heteroatoms. The summed E-state index contributed by atoms with van der Waals surface area (Å²) in [7, 11) is 1.62. The summed E-state index contributed by atoms with van der Waals surface area (Å²) in [6.45, 7) is 5.30. The Morgan fingerprint density at radius 3 is 2.66 bits per heavy atom. The maximum absolute atomic E-state index is 13.2. The number of methoxy groups -OCH3 is 1. The Morgan fingerprint density at radius 1 is 1.11 bits per heavy atom. The van der Waals surface area contributed by atoms with Crippen LogP contribution in [0.4, 0.5) is 0 Å². The van der Waals surface area contributed by atoms with Gasteiger partial charge in [-0.05, 0) is 50.1 Å². The summed E-state index contributed by atoms with van der Waals surface area (Å²) in [5.74, 6) is 1.09. The van der Waals surface area contributed by atoms with Crippen molar-refractivity contribution in [1.29, 1.82) is 0 Å². The highest BCUT2D eigenvalue weighted by Crippen LogP contribution is 2.27. The average molecular weight is 475 g/mol. The molecular formula is C27H30N4O4. The highest BCUT2D eigenvalue weighted by Gasteiger charge is 2.23. The van der Waals surface area contributed by atoms with E-state index in [1.807, 2.05) is 73.1 Å². The number of hydrogen-bond donors (Lipinski definition) is 1. The van der Waals surface area contributed by atoms with Crippen LogP contribution in [0.2, 0.25) is 0 Å². The van der Waals surface area contributed by atoms with Gasteiger partial charge in [0, 0.05) is 30.7 Å². The van der Waals surface area contributed by atoms with Gasteiger partial charge in [0.2, 0.25) is 0 Å². The summed E-state index contributed by atoms with van der Waals surface area (Å²) in [6, 6.07) is 16.8. The molecule has 0 saturated carbocycles. The second kappa shape index (κ2) is 10.9. The SMILES string of the molecule is CCCn1c(C)c(C(=O)NCCCOc2ccnc3cc(OC)ccc23)c(=O)n1-c1ccccc1. The van der Waals surface area contributed by atoms with Gasteiger partial charge >= 0.3 is 0 Å². The monoisotopic (exact) mass is 474 g/mol. The number of aromatic nitrogens is 3. The maximum atomic E-state index is 13.2. The van der Waals surface area contributed by atoms with E-state index in [0.717, 1.165) is 34.5 Å². The van der Waals surface area contributed by atoms with Gasteiger partial charge in [-0.3, -0.25) is 19.3 Å². The lowest BCUT2D eigenvalue weighted by Gasteiger charge is -2.12. The second-order valence-corrected chi connectivity index (χ2v) is 8.19. The van der Waals surface area contributed by atoms with Gasteiger partial charge in [-0.25, -0.2) is 4.68 Å². The van der Waals surface area contributed by atoms with Crippen LogP contribution in [-0.4, -0.2) is 40.5 Å². The molecule has 8 nitrogen and oxygen atoms in total. The number of rotatable bonds is 10. The van der Waals surface area contributed by atoms with Gasteiger partial charge in [0.25, 0.3) is 11.5 Å². The van der Waals surface area contributed by atoms with Crippen molar-refractivity contribution in [3.63, 3.8) is 0 Å². The Labute approximate surface area is 204 Å². The van der Waals surface area contributed by atoms with E-state index < -0.39 is 0 Å². The second-order valence-electron chi connectivity index (χ2n) is 8.19. The Balaban J connectivity index is 1.41. The molecule has 0 fully saturated rings. The molecule has 0 atom stereocenters. The molecule has 0 bridgehead atoms. The molecular weight excluding hydrogens is 444 g/mol. The molecule has 1 amide bonds. The third kappa shape index (κ3) is 5.06. The number of hydrogen-bond acceptors (Lipinski definition) is 5. The molecule has 2 aromatic heterocycles. The Hall–Kier alpha value is -4.07. The van der Waals surface area contributed by atoms with Gasteiger partial charge in [-0.2, -0.15) is 0 Å². The number of nitrogens with zero attached hydrogens (tertiary/aromatic N) is 3. The van der Waals surface area contributed by atoms with E-state index in [-0.39, 0.29) is 17.0 Å². The van der Waals surface area contributed by atoms with Crippen LogP contribution in [0.1, 0.15) is 35.8 Å². The zero-order chi connectivity index (χ0) is 24.8. The van der Waals surface area contributed by atoms with Crippen molar-refractivity contribution in [3.8, 4) is 17.2 Å². The van der Waals surface area contributed by atoms with E-state index >= 15 is 0 Å². The summed E-state index contributed by atoms with van der Waals surface area (Å²) >= 11 is 0. The molecule has 2 aromatic carbocycles. The normalized spacial score (nSPS) is 10.9. The van der Waals surface area contributed by atoms with Crippen molar-refractivity contribution in [2.45, 2.75) is 33.2 Å². The lowest BCUT2D eigenvalue weighted by atomic mass is 10.2. The molecule has 1 N–H and O–H groups in total. The molecule has 0 aliphatic rings. The first-order valence-electron chi connectivity index (χ1n) is 11.8. The van der Waals surface area contributed by atoms with Crippen molar-refractivity contribution < 1.29 is 14.3 Å². The molecule has 0 spiro atoms. The van der Waals surface area contributed by atoms with Gasteiger partial charge in [-0.15, -0.1) is 0 Å². The van der Waals surface area contributed by atoms with Gasteiger partial charge in [-0.1, -0.05) is 25.1 Å². The van der Waals surface area contributed by atoms with Crippen molar-refractivity contribution in [2.24, 2.45) is 0 Å². The quantitative estimate of drug-likeness (QED) is 0.350. The number of nitrogens with one attached hydrogen (secondary N) is 1. The van der Waals surface area contributed by atoms with Crippen LogP contribution in [0.15, 0.2) is 65.6 Å². The van der Waals surface area contributed by atoms with Gasteiger partial charge in [0.15, 0.2) is 0 Å². The predicted octanol–water partition coefficient (Wildman–Crippen LogP) is 4.11. The van der Waals surface area contributed by atoms with Crippen LogP contribution in [0.5, 0.6) is 11.5 Å². The summed E-state index contributed by atoms with van der Waals surface area (Å²) < 4.78 is 14.6. The third-order valence-electron chi connectivity index (χ3n) is 5.83. The maximum Gasteiger partial charge on any atom is 0.284 e. The Bertz CT molecular complexity index is 1380. The van der Waals surface area contributed by atoms with E-state index in [1.165, 1.54) is 0 Å². The average Bonchev–Trinajstić information content (AvgIpc) is 3.13. The number of benzene rings is 2. The molecule has 35 heavy (non-hydrogen) atoms. The van der Waals surface area contributed by atoms with Crippen molar-refractivity contribution in [2.75, 3.05) is 20.3 Å². The number of amides is 1. The first-order valence-corrected chi connectivity index (χ1v) is 11.8. The zero-order valence-electron chi connectivity index (χ0n) is 20.3. The van der Waals surface area contributed by atoms with E-state index in [0.29, 0.717) is 31.8 Å². The molecule has 0 aliphatic carbocycles. The summed E-state index contributed by atoms with van der Waals surface area (Å²) in [5.41, 5.74) is 2.06. The molecule has 0 saturated heterocycles. The molecule has 2 heterocycles. The van der Waals surface area contributed by atoms with Crippen LogP contribution in [-0.2, 0) is 6.54 Å².